The summed E-state index contributed by atoms with van der Waals surface area (Å²) in [5.74, 6) is 1.13. The molecular formula is C65H91BrF4N8O11S. The zero-order valence-electron chi connectivity index (χ0n) is 54.3. The predicted molar refractivity (Wildman–Crippen MR) is 351 cm³/mol. The van der Waals surface area contributed by atoms with E-state index in [0.29, 0.717) is 85.3 Å². The van der Waals surface area contributed by atoms with Crippen LogP contribution in [0.25, 0.3) is 0 Å². The van der Waals surface area contributed by atoms with E-state index in [1.165, 1.54) is 52.7 Å². The molecule has 0 radical (unpaired) electrons. The van der Waals surface area contributed by atoms with Gasteiger partial charge in [-0.25, -0.2) is 17.6 Å². The van der Waals surface area contributed by atoms with Crippen molar-refractivity contribution in [3.05, 3.63) is 194 Å². The highest BCUT2D eigenvalue weighted by Crippen LogP contribution is 2.30. The minimum atomic E-state index is -3.67. The van der Waals surface area contributed by atoms with E-state index in [1.54, 1.807) is 64.8 Å². The second-order valence-electron chi connectivity index (χ2n) is 22.0. The molecule has 25 heteroatoms. The van der Waals surface area contributed by atoms with Gasteiger partial charge in [0.25, 0.3) is 26.8 Å². The number of H-pyrrole nitrogens is 4. The molecule has 0 unspecified atom stereocenters. The quantitative estimate of drug-likeness (QED) is 0.0325. The first kappa shape index (κ1) is 78.3. The fourth-order valence-corrected chi connectivity index (χ4v) is 8.78. The van der Waals surface area contributed by atoms with E-state index in [9.17, 15) is 40.4 Å². The number of aromatic amines is 4. The number of hydrogen-bond acceptors (Lipinski definition) is 11. The molecule has 0 aliphatic heterocycles. The third-order valence-corrected chi connectivity index (χ3v) is 13.3. The lowest BCUT2D eigenvalue weighted by atomic mass is 10.0. The molecule has 498 valence electrons. The topological polar surface area (TPSA) is 243 Å². The number of aromatic nitrogens is 8. The molecule has 0 aliphatic rings. The molecule has 0 saturated heterocycles. The van der Waals surface area contributed by atoms with Crippen molar-refractivity contribution in [2.24, 2.45) is 0 Å². The molecule has 5 N–H and O–H groups in total. The van der Waals surface area contributed by atoms with Gasteiger partial charge in [0, 0.05) is 118 Å². The average Bonchev–Trinajstić information content (AvgIpc) is 1.80. The van der Waals surface area contributed by atoms with Gasteiger partial charge in [0.2, 0.25) is 5.88 Å². The smallest absolute Gasteiger partial charge is 0.267 e. The van der Waals surface area contributed by atoms with Crippen LogP contribution in [0.15, 0.2) is 87.2 Å². The number of nitrogens with one attached hydrogen (secondary N) is 4. The van der Waals surface area contributed by atoms with Gasteiger partial charge in [-0.15, -0.1) is 5.10 Å². The normalized spacial score (nSPS) is 10.9. The summed E-state index contributed by atoms with van der Waals surface area (Å²) in [5, 5.41) is 15.3. The summed E-state index contributed by atoms with van der Waals surface area (Å²) >= 11 is 3.27. The number of alkyl halides is 1. The summed E-state index contributed by atoms with van der Waals surface area (Å²) in [4.78, 5) is 36.1. The van der Waals surface area contributed by atoms with Gasteiger partial charge in [-0.3, -0.25) is 48.3 Å². The molecule has 19 nitrogen and oxygen atoms in total. The summed E-state index contributed by atoms with van der Waals surface area (Å²) in [6.45, 7) is 27.7. The Morgan fingerprint density at radius 3 is 1.04 bits per heavy atom. The van der Waals surface area contributed by atoms with Crippen LogP contribution in [-0.2, 0) is 35.8 Å². The predicted octanol–water partition coefficient (Wildman–Crippen LogP) is 13.6. The van der Waals surface area contributed by atoms with Crippen molar-refractivity contribution in [3.63, 3.8) is 0 Å². The van der Waals surface area contributed by atoms with Gasteiger partial charge in [0.1, 0.15) is 46.3 Å². The second-order valence-corrected chi connectivity index (χ2v) is 25.3. The molecule has 0 saturated carbocycles. The van der Waals surface area contributed by atoms with E-state index < -0.39 is 10.1 Å². The first-order chi connectivity index (χ1) is 41.5. The first-order valence-electron chi connectivity index (χ1n) is 28.5. The number of hydrogen-bond donors (Lipinski definition) is 5. The van der Waals surface area contributed by atoms with Gasteiger partial charge >= 0.3 is 0 Å². The Balaban J connectivity index is 0.000000390. The van der Waals surface area contributed by atoms with Gasteiger partial charge in [-0.2, -0.15) is 8.42 Å². The summed E-state index contributed by atoms with van der Waals surface area (Å²) < 4.78 is 113. The molecule has 4 aromatic carbocycles. The number of aryl methyl sites for hydroxylation is 1. The fraction of sp³-hybridized carbons (Fsp3) is 0.446. The molecule has 4 heterocycles. The Labute approximate surface area is 534 Å². The van der Waals surface area contributed by atoms with Crippen molar-refractivity contribution in [2.45, 2.75) is 159 Å². The highest BCUT2D eigenvalue weighted by molar-refractivity contribution is 9.09. The third kappa shape index (κ3) is 23.9. The number of halogens is 5. The lowest BCUT2D eigenvalue weighted by Gasteiger charge is -2.10. The number of nitrogens with zero attached hydrogens (tertiary/aromatic N) is 4. The maximum Gasteiger partial charge on any atom is 0.267 e. The fourth-order valence-electron chi connectivity index (χ4n) is 8.78. The van der Waals surface area contributed by atoms with Crippen LogP contribution >= 0.6 is 15.9 Å². The Morgan fingerprint density at radius 1 is 0.511 bits per heavy atom. The van der Waals surface area contributed by atoms with E-state index >= 15 is 0 Å². The van der Waals surface area contributed by atoms with Crippen molar-refractivity contribution in [1.29, 1.82) is 0 Å². The number of ether oxygens (including phenoxy) is 5. The van der Waals surface area contributed by atoms with Crippen molar-refractivity contribution < 1.29 is 54.2 Å². The van der Waals surface area contributed by atoms with E-state index in [-0.39, 0.29) is 90.9 Å². The SMILES string of the molecule is C.CC(C)Br.COc1ccc(Cc2c(C)[nH][nH]c2=O)c(F)c1.COc1ccc(Cc2c(C)n(C(C)C)[nH]c2=O)c(F)c1.COc1ccc(Cc2c(C)n(C(C)C)[nH]c2=O)c(F)c1.COc1ccc(Cc2c(OC(C)C)nn(C(C)C)c2C)c(F)c1.CS(=O)(=O)O. The maximum atomic E-state index is 14.3. The van der Waals surface area contributed by atoms with Crippen molar-refractivity contribution >= 4 is 26.0 Å². The molecule has 0 spiro atoms. The lowest BCUT2D eigenvalue weighted by Crippen LogP contribution is -2.09. The molecular weight excluding hydrogens is 1260 g/mol. The number of rotatable bonds is 17. The third-order valence-electron chi connectivity index (χ3n) is 13.3. The van der Waals surface area contributed by atoms with Crippen LogP contribution in [0.2, 0.25) is 0 Å². The Hall–Kier alpha value is -7.77. The van der Waals surface area contributed by atoms with Crippen LogP contribution in [0, 0.1) is 51.0 Å². The average molecular weight is 1350 g/mol. The van der Waals surface area contributed by atoms with Crippen molar-refractivity contribution in [3.8, 4) is 28.9 Å². The maximum absolute atomic E-state index is 14.3. The molecule has 90 heavy (non-hydrogen) atoms. The molecule has 8 rings (SSSR count). The standard InChI is InChI=1S/C18H25FN2O2.2C15H19FN2O2.C12H13FN2O2.C3H7Br.CH4O3S.CH4/c1-11(2)21-13(5)16(18(20-21)23-12(3)4)9-14-7-8-15(22-6)10-17(14)19;2*1-9(2)18-10(3)13(15(19)17-18)7-11-5-6-12(20-4)8-14(11)16;1-7-10(12(16)15-14-7)5-8-3-4-9(17-2)6-11(8)13;1-3(2)4;1-5(2,3)4;/h7-8,10-12H,9H2,1-6H3;2*5-6,8-9H,7H2,1-4H3,(H,17,19);3-4,6H,5H2,1-2H3,(H2,14,15,16);3H,1-2H3;1H3,(H,2,3,4);1H4. The first-order valence-corrected chi connectivity index (χ1v) is 31.3. The Bertz CT molecular complexity index is 3730. The molecule has 0 amide bonds. The van der Waals surface area contributed by atoms with Gasteiger partial charge in [-0.1, -0.05) is 61.5 Å². The summed E-state index contributed by atoms with van der Waals surface area (Å²) in [6, 6.07) is 19.4. The minimum absolute atomic E-state index is 0. The minimum Gasteiger partial charge on any atom is -0.497 e. The van der Waals surface area contributed by atoms with E-state index in [0.717, 1.165) is 28.3 Å². The highest BCUT2D eigenvalue weighted by atomic mass is 79.9. The van der Waals surface area contributed by atoms with Crippen LogP contribution in [0.4, 0.5) is 17.6 Å². The van der Waals surface area contributed by atoms with Crippen LogP contribution < -0.4 is 40.4 Å². The van der Waals surface area contributed by atoms with Gasteiger partial charge in [-0.05, 0) is 130 Å². The van der Waals surface area contributed by atoms with Crippen LogP contribution in [0.5, 0.6) is 28.9 Å². The summed E-state index contributed by atoms with van der Waals surface area (Å²) in [5.41, 5.74) is 7.62. The zero-order chi connectivity index (χ0) is 67.4. The van der Waals surface area contributed by atoms with Crippen LogP contribution in [0.3, 0.4) is 0 Å². The van der Waals surface area contributed by atoms with E-state index in [4.69, 9.17) is 28.2 Å². The number of methoxy groups -OCH3 is 4. The lowest BCUT2D eigenvalue weighted by molar-refractivity contribution is 0.227. The Morgan fingerprint density at radius 2 is 0.811 bits per heavy atom. The molecule has 0 bridgehead atoms. The second kappa shape index (κ2) is 36.2. The van der Waals surface area contributed by atoms with Gasteiger partial charge < -0.3 is 28.8 Å². The summed E-state index contributed by atoms with van der Waals surface area (Å²) in [7, 11) is 2.33. The highest BCUT2D eigenvalue weighted by Gasteiger charge is 2.22. The molecule has 8 aromatic rings. The molecule has 0 fully saturated rings. The Kier molecular flexibility index (Phi) is 31.5. The molecule has 4 aromatic heterocycles. The van der Waals surface area contributed by atoms with Gasteiger partial charge in [0.05, 0.1) is 40.8 Å². The van der Waals surface area contributed by atoms with Crippen LogP contribution in [0.1, 0.15) is 162 Å². The van der Waals surface area contributed by atoms with Gasteiger partial charge in [0.15, 0.2) is 0 Å². The summed E-state index contributed by atoms with van der Waals surface area (Å²) in [6.07, 6.45) is 1.99. The monoisotopic (exact) mass is 1350 g/mol. The molecule has 0 aliphatic carbocycles. The van der Waals surface area contributed by atoms with Crippen molar-refractivity contribution in [2.75, 3.05) is 34.7 Å². The number of benzene rings is 4. The van der Waals surface area contributed by atoms with Crippen LogP contribution in [-0.4, -0.2) is 98.1 Å². The van der Waals surface area contributed by atoms with E-state index in [2.05, 4.69) is 69.1 Å². The van der Waals surface area contributed by atoms with E-state index in [1.807, 2.05) is 67.0 Å². The zero-order valence-corrected chi connectivity index (χ0v) is 56.7. The van der Waals surface area contributed by atoms with Crippen molar-refractivity contribution in [1.82, 2.24) is 39.5 Å². The molecule has 0 atom stereocenters. The largest absolute Gasteiger partial charge is 0.497 e.